The molecule has 2 heterocycles. The van der Waals surface area contributed by atoms with Crippen LogP contribution in [0.5, 0.6) is 0 Å². The second-order valence-corrected chi connectivity index (χ2v) is 7.04. The molecule has 0 aliphatic heterocycles. The van der Waals surface area contributed by atoms with Crippen LogP contribution in [0, 0.1) is 10.7 Å². The topological polar surface area (TPSA) is 61.6 Å². The van der Waals surface area contributed by atoms with Gasteiger partial charge in [0.05, 0.1) is 5.39 Å². The molecule has 0 fully saturated rings. The van der Waals surface area contributed by atoms with Crippen LogP contribution in [0.3, 0.4) is 0 Å². The Morgan fingerprint density at radius 1 is 1.18 bits per heavy atom. The first-order valence-electron chi connectivity index (χ1n) is 7.03. The molecular weight excluding hydrogens is 312 g/mol. The number of thiophene rings is 1. The first-order valence-corrected chi connectivity index (χ1v) is 8.67. The fraction of sp³-hybridized carbons (Fsp3) is 0.188. The number of benzene rings is 1. The van der Waals surface area contributed by atoms with Gasteiger partial charge in [-0.15, -0.1) is 11.3 Å². The van der Waals surface area contributed by atoms with Crippen molar-refractivity contribution in [1.29, 1.82) is 5.26 Å². The van der Waals surface area contributed by atoms with Crippen molar-refractivity contribution in [3.8, 4) is 5.40 Å². The van der Waals surface area contributed by atoms with Gasteiger partial charge in [-0.1, -0.05) is 0 Å². The van der Waals surface area contributed by atoms with E-state index in [4.69, 9.17) is 5.26 Å². The van der Waals surface area contributed by atoms with Gasteiger partial charge in [-0.2, -0.15) is 5.26 Å². The predicted octanol–water partition coefficient (Wildman–Crippen LogP) is 4.50. The van der Waals surface area contributed by atoms with E-state index in [1.165, 1.54) is 22.2 Å². The summed E-state index contributed by atoms with van der Waals surface area (Å²) in [6.45, 7) is 0. The minimum absolute atomic E-state index is 0.880. The molecule has 2 aromatic heterocycles. The molecule has 0 radical (unpaired) electrons. The number of nitrogens with zero attached hydrogens (tertiary/aromatic N) is 3. The zero-order valence-corrected chi connectivity index (χ0v) is 13.3. The highest BCUT2D eigenvalue weighted by molar-refractivity contribution is 8.03. The van der Waals surface area contributed by atoms with E-state index in [0.29, 0.717) is 0 Å². The van der Waals surface area contributed by atoms with Gasteiger partial charge < -0.3 is 5.32 Å². The maximum Gasteiger partial charge on any atom is 0.142 e. The van der Waals surface area contributed by atoms with Gasteiger partial charge in [-0.3, -0.25) is 0 Å². The van der Waals surface area contributed by atoms with E-state index in [9.17, 15) is 0 Å². The molecule has 3 aromatic rings. The summed E-state index contributed by atoms with van der Waals surface area (Å²) in [6, 6.07) is 7.82. The summed E-state index contributed by atoms with van der Waals surface area (Å²) in [7, 11) is 0. The molecule has 4 nitrogen and oxygen atoms in total. The van der Waals surface area contributed by atoms with Crippen molar-refractivity contribution < 1.29 is 0 Å². The minimum Gasteiger partial charge on any atom is -0.340 e. The molecule has 0 amide bonds. The van der Waals surface area contributed by atoms with Crippen molar-refractivity contribution in [2.24, 2.45) is 0 Å². The van der Waals surface area contributed by atoms with Gasteiger partial charge in [0.25, 0.3) is 0 Å². The molecular formula is C16H12N4S2. The third kappa shape index (κ3) is 2.32. The van der Waals surface area contributed by atoms with Crippen molar-refractivity contribution in [3.05, 3.63) is 41.0 Å². The maximum atomic E-state index is 8.69. The Morgan fingerprint density at radius 2 is 2.05 bits per heavy atom. The van der Waals surface area contributed by atoms with Crippen LogP contribution in [0.2, 0.25) is 0 Å². The highest BCUT2D eigenvalue weighted by Crippen LogP contribution is 2.39. The summed E-state index contributed by atoms with van der Waals surface area (Å²) in [4.78, 5) is 12.3. The van der Waals surface area contributed by atoms with Crippen LogP contribution in [0.15, 0.2) is 35.5 Å². The molecule has 1 aromatic carbocycles. The number of rotatable bonds is 3. The van der Waals surface area contributed by atoms with Gasteiger partial charge in [-0.05, 0) is 60.9 Å². The van der Waals surface area contributed by atoms with Crippen LogP contribution in [0.1, 0.15) is 16.9 Å². The third-order valence-corrected chi connectivity index (χ3v) is 5.58. The number of aromatic nitrogens is 2. The zero-order valence-electron chi connectivity index (χ0n) is 11.7. The van der Waals surface area contributed by atoms with Gasteiger partial charge in [0, 0.05) is 15.5 Å². The van der Waals surface area contributed by atoms with Crippen LogP contribution in [-0.4, -0.2) is 9.97 Å². The van der Waals surface area contributed by atoms with Crippen molar-refractivity contribution in [1.82, 2.24) is 9.97 Å². The lowest BCUT2D eigenvalue weighted by Crippen LogP contribution is -1.96. The number of hydrogen-bond acceptors (Lipinski definition) is 6. The summed E-state index contributed by atoms with van der Waals surface area (Å²) < 4.78 is 0. The largest absolute Gasteiger partial charge is 0.340 e. The standard InChI is InChI=1S/C16H12N4S2/c17-8-21-11-6-4-10(5-7-11)20-15-14-12-2-1-3-13(12)22-16(14)19-9-18-15/h4-7,9H,1-3H2,(H,18,19,20). The van der Waals surface area contributed by atoms with Gasteiger partial charge >= 0.3 is 0 Å². The first kappa shape index (κ1) is 13.6. The van der Waals surface area contributed by atoms with E-state index in [2.05, 4.69) is 20.7 Å². The van der Waals surface area contributed by atoms with E-state index in [0.717, 1.165) is 45.8 Å². The van der Waals surface area contributed by atoms with Crippen LogP contribution in [0.25, 0.3) is 10.2 Å². The Morgan fingerprint density at radius 3 is 2.86 bits per heavy atom. The number of thiocyanates is 1. The quantitative estimate of drug-likeness (QED) is 0.568. The van der Waals surface area contributed by atoms with Crippen molar-refractivity contribution in [2.45, 2.75) is 24.2 Å². The molecule has 0 saturated heterocycles. The predicted molar refractivity (Wildman–Crippen MR) is 90.6 cm³/mol. The molecule has 0 spiro atoms. The fourth-order valence-electron chi connectivity index (χ4n) is 2.82. The summed E-state index contributed by atoms with van der Waals surface area (Å²) >= 11 is 2.95. The summed E-state index contributed by atoms with van der Waals surface area (Å²) in [5, 5.41) is 15.3. The van der Waals surface area contributed by atoms with E-state index >= 15 is 0 Å². The van der Waals surface area contributed by atoms with E-state index in [-0.39, 0.29) is 0 Å². The molecule has 1 aliphatic rings. The average Bonchev–Trinajstić information content (AvgIpc) is 3.10. The second kappa shape index (κ2) is 5.59. The molecule has 108 valence electrons. The highest BCUT2D eigenvalue weighted by atomic mass is 32.2. The van der Waals surface area contributed by atoms with Crippen LogP contribution in [0.4, 0.5) is 11.5 Å². The number of anilines is 2. The number of nitriles is 1. The normalized spacial score (nSPS) is 13.0. The van der Waals surface area contributed by atoms with Crippen LogP contribution in [-0.2, 0) is 12.8 Å². The molecule has 6 heteroatoms. The highest BCUT2D eigenvalue weighted by Gasteiger charge is 2.21. The molecule has 4 rings (SSSR count). The molecule has 0 saturated carbocycles. The third-order valence-electron chi connectivity index (χ3n) is 3.78. The number of nitrogens with one attached hydrogen (secondary N) is 1. The van der Waals surface area contributed by atoms with Gasteiger partial charge in [0.2, 0.25) is 0 Å². The Labute approximate surface area is 136 Å². The lowest BCUT2D eigenvalue weighted by molar-refractivity contribution is 0.917. The van der Waals surface area contributed by atoms with E-state index < -0.39 is 0 Å². The maximum absolute atomic E-state index is 8.69. The fourth-order valence-corrected chi connectivity index (χ4v) is 4.43. The van der Waals surface area contributed by atoms with Gasteiger partial charge in [0.15, 0.2) is 0 Å². The zero-order chi connectivity index (χ0) is 14.9. The Hall–Kier alpha value is -2.10. The molecule has 1 N–H and O–H groups in total. The SMILES string of the molecule is N#CSc1ccc(Nc2ncnc3sc4c(c23)CCC4)cc1. The van der Waals surface area contributed by atoms with E-state index in [1.807, 2.05) is 24.3 Å². The molecule has 0 unspecified atom stereocenters. The number of thioether (sulfide) groups is 1. The van der Waals surface area contributed by atoms with Crippen molar-refractivity contribution in [3.63, 3.8) is 0 Å². The van der Waals surface area contributed by atoms with Crippen LogP contribution >= 0.6 is 23.1 Å². The Balaban J connectivity index is 1.71. The van der Waals surface area contributed by atoms with Gasteiger partial charge in [0.1, 0.15) is 22.4 Å². The first-order chi connectivity index (χ1) is 10.8. The molecule has 22 heavy (non-hydrogen) atoms. The lowest BCUT2D eigenvalue weighted by Gasteiger charge is -2.08. The Bertz CT molecular complexity index is 878. The smallest absolute Gasteiger partial charge is 0.142 e. The lowest BCUT2D eigenvalue weighted by atomic mass is 10.2. The number of fused-ring (bicyclic) bond motifs is 3. The van der Waals surface area contributed by atoms with Crippen molar-refractivity contribution in [2.75, 3.05) is 5.32 Å². The molecule has 0 atom stereocenters. The Kier molecular flexibility index (Phi) is 3.45. The van der Waals surface area contributed by atoms with Gasteiger partial charge in [-0.25, -0.2) is 9.97 Å². The summed E-state index contributed by atoms with van der Waals surface area (Å²) in [6.07, 6.45) is 5.13. The summed E-state index contributed by atoms with van der Waals surface area (Å²) in [5.74, 6) is 0.880. The van der Waals surface area contributed by atoms with Crippen molar-refractivity contribution >= 4 is 44.8 Å². The summed E-state index contributed by atoms with van der Waals surface area (Å²) in [5.41, 5.74) is 2.39. The van der Waals surface area contributed by atoms with Crippen LogP contribution < -0.4 is 5.32 Å². The number of hydrogen-bond donors (Lipinski definition) is 1. The number of aryl methyl sites for hydroxylation is 2. The average molecular weight is 324 g/mol. The van der Waals surface area contributed by atoms with E-state index in [1.54, 1.807) is 17.7 Å². The molecule has 1 aliphatic carbocycles. The second-order valence-electron chi connectivity index (χ2n) is 5.10. The molecule has 0 bridgehead atoms. The monoisotopic (exact) mass is 324 g/mol. The minimum atomic E-state index is 0.880.